The van der Waals surface area contributed by atoms with E-state index < -0.39 is 0 Å². The minimum atomic E-state index is 0.0311. The van der Waals surface area contributed by atoms with Crippen LogP contribution in [-0.4, -0.2) is 0 Å². The lowest BCUT2D eigenvalue weighted by Crippen LogP contribution is -2.56. The quantitative estimate of drug-likeness (QED) is 0.198. The molecular formula is C42H36O2. The van der Waals surface area contributed by atoms with Crippen molar-refractivity contribution in [3.63, 3.8) is 0 Å². The van der Waals surface area contributed by atoms with Crippen molar-refractivity contribution < 1.29 is 9.47 Å². The molecule has 0 aromatic heterocycles. The summed E-state index contributed by atoms with van der Waals surface area (Å²) in [7, 11) is 0. The second-order valence-corrected chi connectivity index (χ2v) is 13.4. The first-order valence-corrected chi connectivity index (χ1v) is 16.3. The summed E-state index contributed by atoms with van der Waals surface area (Å²) in [6, 6.07) is 47.7. The number of ether oxygens (including phenoxy) is 2. The highest BCUT2D eigenvalue weighted by Crippen LogP contribution is 2.65. The number of rotatable bonds is 6. The summed E-state index contributed by atoms with van der Waals surface area (Å²) < 4.78 is 13.0. The van der Waals surface area contributed by atoms with Gasteiger partial charge >= 0.3 is 0 Å². The zero-order valence-electron chi connectivity index (χ0n) is 24.9. The van der Waals surface area contributed by atoms with Crippen LogP contribution >= 0.6 is 0 Å². The first-order chi connectivity index (χ1) is 21.7. The average Bonchev–Trinajstić information content (AvgIpc) is 3.06. The SMILES string of the molecule is c1ccc2c(Oc3ccc(C4(c5ccc(Oc6cccc7ccccc67)cc5)C5CC6CC(C5)CC4C6)cc3)cccc2c1. The van der Waals surface area contributed by atoms with Crippen LogP contribution in [0.2, 0.25) is 0 Å². The Labute approximate surface area is 259 Å². The van der Waals surface area contributed by atoms with Gasteiger partial charge < -0.3 is 9.47 Å². The molecule has 0 heterocycles. The Hall–Kier alpha value is -4.56. The minimum absolute atomic E-state index is 0.0311. The summed E-state index contributed by atoms with van der Waals surface area (Å²) in [6.45, 7) is 0. The van der Waals surface area contributed by atoms with E-state index in [0.717, 1.165) is 45.6 Å². The third-order valence-electron chi connectivity index (χ3n) is 11.0. The normalized spacial score (nSPS) is 23.2. The van der Waals surface area contributed by atoms with Crippen LogP contribution in [-0.2, 0) is 5.41 Å². The van der Waals surface area contributed by atoms with E-state index in [2.05, 4.69) is 133 Å². The molecule has 0 radical (unpaired) electrons. The molecule has 2 heteroatoms. The van der Waals surface area contributed by atoms with Crippen LogP contribution < -0.4 is 9.47 Å². The molecule has 216 valence electrons. The molecule has 0 unspecified atom stereocenters. The molecule has 0 amide bonds. The van der Waals surface area contributed by atoms with Crippen LogP contribution in [0.1, 0.15) is 43.2 Å². The molecule has 6 aromatic rings. The number of fused-ring (bicyclic) bond motifs is 2. The highest BCUT2D eigenvalue weighted by atomic mass is 16.5. The monoisotopic (exact) mass is 572 g/mol. The Balaban J connectivity index is 1.07. The predicted molar refractivity (Wildman–Crippen MR) is 179 cm³/mol. The van der Waals surface area contributed by atoms with Gasteiger partial charge in [-0.1, -0.05) is 97.1 Å². The second-order valence-electron chi connectivity index (χ2n) is 13.4. The average molecular weight is 573 g/mol. The van der Waals surface area contributed by atoms with E-state index in [1.54, 1.807) is 0 Å². The van der Waals surface area contributed by atoms with Crippen molar-refractivity contribution in [2.75, 3.05) is 0 Å². The Morgan fingerprint density at radius 3 is 1.27 bits per heavy atom. The van der Waals surface area contributed by atoms with Crippen molar-refractivity contribution in [3.8, 4) is 23.0 Å². The zero-order chi connectivity index (χ0) is 29.1. The van der Waals surface area contributed by atoms with Gasteiger partial charge in [0.25, 0.3) is 0 Å². The van der Waals surface area contributed by atoms with Crippen molar-refractivity contribution in [3.05, 3.63) is 145 Å². The van der Waals surface area contributed by atoms with Crippen LogP contribution in [0.15, 0.2) is 133 Å². The predicted octanol–water partition coefficient (Wildman–Crippen LogP) is 11.3. The van der Waals surface area contributed by atoms with Crippen molar-refractivity contribution in [1.29, 1.82) is 0 Å². The number of benzene rings is 6. The largest absolute Gasteiger partial charge is 0.457 e. The van der Waals surface area contributed by atoms with Gasteiger partial charge in [-0.2, -0.15) is 0 Å². The molecule has 44 heavy (non-hydrogen) atoms. The van der Waals surface area contributed by atoms with Gasteiger partial charge in [0.1, 0.15) is 23.0 Å². The van der Waals surface area contributed by atoms with Crippen LogP contribution in [0.25, 0.3) is 21.5 Å². The molecule has 0 saturated heterocycles. The fraction of sp³-hybridized carbons (Fsp3) is 0.238. The highest BCUT2D eigenvalue weighted by Gasteiger charge is 2.58. The van der Waals surface area contributed by atoms with Gasteiger partial charge in [0.15, 0.2) is 0 Å². The van der Waals surface area contributed by atoms with Crippen molar-refractivity contribution in [2.24, 2.45) is 23.7 Å². The van der Waals surface area contributed by atoms with E-state index in [0.29, 0.717) is 11.8 Å². The lowest BCUT2D eigenvalue weighted by Gasteiger charge is -2.62. The second kappa shape index (κ2) is 10.3. The third kappa shape index (κ3) is 4.15. The molecule has 0 spiro atoms. The van der Waals surface area contributed by atoms with Crippen LogP contribution in [0.5, 0.6) is 23.0 Å². The Morgan fingerprint density at radius 1 is 0.409 bits per heavy atom. The van der Waals surface area contributed by atoms with Gasteiger partial charge in [-0.3, -0.25) is 0 Å². The summed E-state index contributed by atoms with van der Waals surface area (Å²) in [5.41, 5.74) is 2.92. The Morgan fingerprint density at radius 2 is 0.818 bits per heavy atom. The first kappa shape index (κ1) is 25.9. The van der Waals surface area contributed by atoms with Gasteiger partial charge in [0.2, 0.25) is 0 Å². The van der Waals surface area contributed by atoms with Crippen molar-refractivity contribution >= 4 is 21.5 Å². The topological polar surface area (TPSA) is 18.5 Å². The maximum Gasteiger partial charge on any atom is 0.135 e. The lowest BCUT2D eigenvalue weighted by molar-refractivity contribution is -0.0418. The van der Waals surface area contributed by atoms with Crippen molar-refractivity contribution in [2.45, 2.75) is 37.5 Å². The smallest absolute Gasteiger partial charge is 0.135 e. The zero-order valence-corrected chi connectivity index (χ0v) is 24.9. The lowest BCUT2D eigenvalue weighted by atomic mass is 9.42. The van der Waals surface area contributed by atoms with E-state index in [4.69, 9.17) is 9.47 Å². The van der Waals surface area contributed by atoms with Crippen LogP contribution in [0.4, 0.5) is 0 Å². The molecule has 0 aliphatic heterocycles. The summed E-state index contributed by atoms with van der Waals surface area (Å²) in [5, 5.41) is 4.67. The summed E-state index contributed by atoms with van der Waals surface area (Å²) in [4.78, 5) is 0. The molecule has 4 aliphatic rings. The van der Waals surface area contributed by atoms with Gasteiger partial charge in [-0.05, 0) is 114 Å². The molecular weight excluding hydrogens is 536 g/mol. The molecule has 2 nitrogen and oxygen atoms in total. The molecule has 4 aliphatic carbocycles. The molecule has 4 fully saturated rings. The van der Waals surface area contributed by atoms with E-state index in [9.17, 15) is 0 Å². The standard InChI is InChI=1S/C42H36O2/c1-3-11-38-30(7-1)9-5-13-40(38)43-36-19-15-32(16-20-36)42(34-24-28-23-29(26-34)27-35(42)25-28)33-17-21-37(22-18-33)44-41-14-6-10-31-8-2-4-12-39(31)41/h1-22,28-29,34-35H,23-27H2. The number of hydrogen-bond acceptors (Lipinski definition) is 2. The maximum absolute atomic E-state index is 6.48. The van der Waals surface area contributed by atoms with Gasteiger partial charge in [-0.15, -0.1) is 0 Å². The van der Waals surface area contributed by atoms with Gasteiger partial charge in [-0.25, -0.2) is 0 Å². The van der Waals surface area contributed by atoms with E-state index in [-0.39, 0.29) is 5.41 Å². The molecule has 10 rings (SSSR count). The number of hydrogen-bond donors (Lipinski definition) is 0. The molecule has 4 saturated carbocycles. The van der Waals surface area contributed by atoms with E-state index in [1.807, 2.05) is 0 Å². The first-order valence-electron chi connectivity index (χ1n) is 16.3. The third-order valence-corrected chi connectivity index (χ3v) is 11.0. The Bertz CT molecular complexity index is 1810. The maximum atomic E-state index is 6.48. The fourth-order valence-corrected chi connectivity index (χ4v) is 9.46. The molecule has 6 aromatic carbocycles. The highest BCUT2D eigenvalue weighted by molar-refractivity contribution is 5.89. The molecule has 4 bridgehead atoms. The molecule has 0 N–H and O–H groups in total. The fourth-order valence-electron chi connectivity index (χ4n) is 9.46. The van der Waals surface area contributed by atoms with E-state index >= 15 is 0 Å². The van der Waals surface area contributed by atoms with Crippen molar-refractivity contribution in [1.82, 2.24) is 0 Å². The van der Waals surface area contributed by atoms with Crippen LogP contribution in [0.3, 0.4) is 0 Å². The van der Waals surface area contributed by atoms with Crippen LogP contribution in [0, 0.1) is 23.7 Å². The summed E-state index contributed by atoms with van der Waals surface area (Å²) >= 11 is 0. The minimum Gasteiger partial charge on any atom is -0.457 e. The van der Waals surface area contributed by atoms with Gasteiger partial charge in [0.05, 0.1) is 0 Å². The van der Waals surface area contributed by atoms with Gasteiger partial charge in [0, 0.05) is 16.2 Å². The Kier molecular flexibility index (Phi) is 6.04. The molecule has 0 atom stereocenters. The van der Waals surface area contributed by atoms with E-state index in [1.165, 1.54) is 54.0 Å². The summed E-state index contributed by atoms with van der Waals surface area (Å²) in [5.74, 6) is 6.73. The summed E-state index contributed by atoms with van der Waals surface area (Å²) in [6.07, 6.45) is 6.81.